The van der Waals surface area contributed by atoms with E-state index in [4.69, 9.17) is 5.11 Å². The lowest BCUT2D eigenvalue weighted by molar-refractivity contribution is 0.282. The van der Waals surface area contributed by atoms with Crippen LogP contribution in [0.25, 0.3) is 10.2 Å². The van der Waals surface area contributed by atoms with Crippen molar-refractivity contribution in [3.8, 4) is 0 Å². The number of aromatic nitrogens is 1. The first kappa shape index (κ1) is 13.5. The minimum atomic E-state index is 0.319. The molecule has 1 aromatic heterocycles. The van der Waals surface area contributed by atoms with Crippen LogP contribution in [0.15, 0.2) is 24.3 Å². The molecule has 18 heavy (non-hydrogen) atoms. The highest BCUT2D eigenvalue weighted by atomic mass is 32.1. The molecule has 0 fully saturated rings. The number of rotatable bonds is 8. The maximum absolute atomic E-state index is 8.66. The van der Waals surface area contributed by atoms with Gasteiger partial charge in [0, 0.05) is 13.2 Å². The molecular formula is C14H20N2OS. The summed E-state index contributed by atoms with van der Waals surface area (Å²) in [4.78, 5) is 4.58. The Morgan fingerprint density at radius 3 is 2.78 bits per heavy atom. The molecule has 0 unspecified atom stereocenters. The summed E-state index contributed by atoms with van der Waals surface area (Å²) in [5.41, 5.74) is 1.10. The van der Waals surface area contributed by atoms with Crippen molar-refractivity contribution in [1.82, 2.24) is 10.3 Å². The summed E-state index contributed by atoms with van der Waals surface area (Å²) in [7, 11) is 0. The second-order valence-corrected chi connectivity index (χ2v) is 5.51. The number of thiazole rings is 1. The van der Waals surface area contributed by atoms with E-state index in [-0.39, 0.29) is 0 Å². The lowest BCUT2D eigenvalue weighted by atomic mass is 10.2. The molecule has 2 rings (SSSR count). The number of aliphatic hydroxyl groups is 1. The first-order valence-corrected chi connectivity index (χ1v) is 7.38. The van der Waals surface area contributed by atoms with Gasteiger partial charge in [-0.05, 0) is 31.5 Å². The van der Waals surface area contributed by atoms with Gasteiger partial charge < -0.3 is 10.4 Å². The Morgan fingerprint density at radius 2 is 1.94 bits per heavy atom. The van der Waals surface area contributed by atoms with E-state index in [1.165, 1.54) is 17.5 Å². The molecule has 0 amide bonds. The zero-order valence-corrected chi connectivity index (χ0v) is 11.4. The fourth-order valence-corrected chi connectivity index (χ4v) is 2.84. The van der Waals surface area contributed by atoms with E-state index in [2.05, 4.69) is 28.5 Å². The topological polar surface area (TPSA) is 45.1 Å². The Bertz CT molecular complexity index is 437. The molecule has 0 saturated heterocycles. The van der Waals surface area contributed by atoms with Crippen LogP contribution in [0.1, 0.15) is 30.7 Å². The van der Waals surface area contributed by atoms with Crippen LogP contribution < -0.4 is 5.32 Å². The first-order valence-electron chi connectivity index (χ1n) is 6.56. The number of aliphatic hydroxyl groups excluding tert-OH is 1. The Kier molecular flexibility index (Phi) is 5.58. The first-order chi connectivity index (χ1) is 8.90. The van der Waals surface area contributed by atoms with Crippen LogP contribution in [0, 0.1) is 0 Å². The molecule has 0 bridgehead atoms. The quantitative estimate of drug-likeness (QED) is 0.721. The van der Waals surface area contributed by atoms with Gasteiger partial charge >= 0.3 is 0 Å². The van der Waals surface area contributed by atoms with Gasteiger partial charge in [0.05, 0.1) is 10.2 Å². The highest BCUT2D eigenvalue weighted by molar-refractivity contribution is 7.18. The summed E-state index contributed by atoms with van der Waals surface area (Å²) < 4.78 is 1.26. The Hall–Kier alpha value is -0.970. The SMILES string of the molecule is OCCCCCCNCc1nc2ccccc2s1. The van der Waals surface area contributed by atoms with Gasteiger partial charge in [0.2, 0.25) is 0 Å². The van der Waals surface area contributed by atoms with Crippen LogP contribution in [-0.4, -0.2) is 23.2 Å². The molecular weight excluding hydrogens is 244 g/mol. The smallest absolute Gasteiger partial charge is 0.108 e. The van der Waals surface area contributed by atoms with Gasteiger partial charge in [-0.1, -0.05) is 25.0 Å². The molecule has 0 saturated carbocycles. The molecule has 0 aliphatic carbocycles. The number of nitrogens with zero attached hydrogens (tertiary/aromatic N) is 1. The second kappa shape index (κ2) is 7.46. The minimum Gasteiger partial charge on any atom is -0.396 e. The van der Waals surface area contributed by atoms with E-state index < -0.39 is 0 Å². The molecule has 0 radical (unpaired) electrons. The third-order valence-electron chi connectivity index (χ3n) is 2.88. The third kappa shape index (κ3) is 4.05. The summed E-state index contributed by atoms with van der Waals surface area (Å²) in [5, 5.41) is 13.2. The second-order valence-electron chi connectivity index (χ2n) is 4.39. The van der Waals surface area contributed by atoms with Gasteiger partial charge in [0.25, 0.3) is 0 Å². The monoisotopic (exact) mass is 264 g/mol. The van der Waals surface area contributed by atoms with Crippen LogP contribution in [0.5, 0.6) is 0 Å². The zero-order valence-electron chi connectivity index (χ0n) is 10.6. The van der Waals surface area contributed by atoms with Gasteiger partial charge in [0.15, 0.2) is 0 Å². The van der Waals surface area contributed by atoms with Gasteiger partial charge in [-0.2, -0.15) is 0 Å². The van der Waals surface area contributed by atoms with Crippen molar-refractivity contribution in [2.75, 3.05) is 13.2 Å². The van der Waals surface area contributed by atoms with Gasteiger partial charge in [-0.25, -0.2) is 4.98 Å². The van der Waals surface area contributed by atoms with E-state index in [1.54, 1.807) is 11.3 Å². The van der Waals surface area contributed by atoms with Gasteiger partial charge in [-0.15, -0.1) is 11.3 Å². The average molecular weight is 264 g/mol. The fraction of sp³-hybridized carbons (Fsp3) is 0.500. The Balaban J connectivity index is 1.67. The number of benzene rings is 1. The highest BCUT2D eigenvalue weighted by Gasteiger charge is 2.01. The number of unbranched alkanes of at least 4 members (excludes halogenated alkanes) is 3. The third-order valence-corrected chi connectivity index (χ3v) is 3.91. The molecule has 0 atom stereocenters. The van der Waals surface area contributed by atoms with E-state index in [0.717, 1.165) is 36.5 Å². The van der Waals surface area contributed by atoms with Crippen LogP contribution in [0.4, 0.5) is 0 Å². The van der Waals surface area contributed by atoms with E-state index in [1.807, 2.05) is 6.07 Å². The molecule has 1 heterocycles. The number of hydrogen-bond acceptors (Lipinski definition) is 4. The molecule has 3 nitrogen and oxygen atoms in total. The summed E-state index contributed by atoms with van der Waals surface area (Å²) in [6.45, 7) is 2.21. The van der Waals surface area contributed by atoms with Crippen LogP contribution in [-0.2, 0) is 6.54 Å². The Labute approximate surface area is 112 Å². The lowest BCUT2D eigenvalue weighted by Gasteiger charge is -2.01. The summed E-state index contributed by atoms with van der Waals surface area (Å²) >= 11 is 1.76. The molecule has 2 aromatic rings. The number of fused-ring (bicyclic) bond motifs is 1. The van der Waals surface area contributed by atoms with E-state index in [9.17, 15) is 0 Å². The van der Waals surface area contributed by atoms with Crippen molar-refractivity contribution < 1.29 is 5.11 Å². The molecule has 0 aliphatic heterocycles. The summed E-state index contributed by atoms with van der Waals surface area (Å²) in [6, 6.07) is 8.26. The summed E-state index contributed by atoms with van der Waals surface area (Å²) in [6.07, 6.45) is 4.41. The Morgan fingerprint density at radius 1 is 1.11 bits per heavy atom. The van der Waals surface area contributed by atoms with E-state index in [0.29, 0.717) is 6.61 Å². The van der Waals surface area contributed by atoms with Crippen LogP contribution >= 0.6 is 11.3 Å². The molecule has 2 N–H and O–H groups in total. The van der Waals surface area contributed by atoms with Gasteiger partial charge in [0.1, 0.15) is 5.01 Å². The number of para-hydroxylation sites is 1. The van der Waals surface area contributed by atoms with Crippen LogP contribution in [0.3, 0.4) is 0 Å². The van der Waals surface area contributed by atoms with Crippen molar-refractivity contribution in [2.45, 2.75) is 32.2 Å². The fourth-order valence-electron chi connectivity index (χ4n) is 1.91. The largest absolute Gasteiger partial charge is 0.396 e. The zero-order chi connectivity index (χ0) is 12.6. The molecule has 98 valence electrons. The van der Waals surface area contributed by atoms with Crippen molar-refractivity contribution in [2.24, 2.45) is 0 Å². The normalized spacial score (nSPS) is 11.2. The standard InChI is InChI=1S/C14H20N2OS/c17-10-6-2-1-5-9-15-11-14-16-12-7-3-4-8-13(12)18-14/h3-4,7-8,15,17H,1-2,5-6,9-11H2. The van der Waals surface area contributed by atoms with Crippen molar-refractivity contribution >= 4 is 21.6 Å². The predicted molar refractivity (Wildman–Crippen MR) is 76.9 cm³/mol. The maximum Gasteiger partial charge on any atom is 0.108 e. The van der Waals surface area contributed by atoms with Crippen LogP contribution in [0.2, 0.25) is 0 Å². The lowest BCUT2D eigenvalue weighted by Crippen LogP contribution is -2.14. The van der Waals surface area contributed by atoms with E-state index >= 15 is 0 Å². The molecule has 1 aromatic carbocycles. The minimum absolute atomic E-state index is 0.319. The predicted octanol–water partition coefficient (Wildman–Crippen LogP) is 2.94. The summed E-state index contributed by atoms with van der Waals surface area (Å²) in [5.74, 6) is 0. The average Bonchev–Trinajstić information content (AvgIpc) is 2.80. The molecule has 4 heteroatoms. The van der Waals surface area contributed by atoms with Crippen molar-refractivity contribution in [1.29, 1.82) is 0 Å². The molecule has 0 spiro atoms. The van der Waals surface area contributed by atoms with Crippen molar-refractivity contribution in [3.05, 3.63) is 29.3 Å². The number of hydrogen-bond donors (Lipinski definition) is 2. The number of nitrogens with one attached hydrogen (secondary N) is 1. The van der Waals surface area contributed by atoms with Crippen molar-refractivity contribution in [3.63, 3.8) is 0 Å². The molecule has 0 aliphatic rings. The highest BCUT2D eigenvalue weighted by Crippen LogP contribution is 2.21. The van der Waals surface area contributed by atoms with Gasteiger partial charge in [-0.3, -0.25) is 0 Å². The maximum atomic E-state index is 8.66.